The van der Waals surface area contributed by atoms with E-state index < -0.39 is 10.0 Å². The van der Waals surface area contributed by atoms with E-state index in [1.54, 1.807) is 31.4 Å². The van der Waals surface area contributed by atoms with Gasteiger partial charge in [-0.05, 0) is 43.4 Å². The molecular formula is C15H23N3O4S2. The Morgan fingerprint density at radius 3 is 2.54 bits per heavy atom. The molecule has 7 nitrogen and oxygen atoms in total. The zero-order valence-corrected chi connectivity index (χ0v) is 15.5. The molecule has 0 saturated carbocycles. The van der Waals surface area contributed by atoms with E-state index in [9.17, 15) is 8.42 Å². The van der Waals surface area contributed by atoms with Gasteiger partial charge in [0.15, 0.2) is 5.11 Å². The van der Waals surface area contributed by atoms with Gasteiger partial charge in [-0.25, -0.2) is 8.42 Å². The Morgan fingerprint density at radius 1 is 1.33 bits per heavy atom. The average Bonchev–Trinajstić information content (AvgIpc) is 2.56. The Balaban J connectivity index is 1.98. The maximum absolute atomic E-state index is 12.5. The highest BCUT2D eigenvalue weighted by molar-refractivity contribution is 7.89. The first-order valence-corrected chi connectivity index (χ1v) is 9.52. The molecule has 0 bridgehead atoms. The van der Waals surface area contributed by atoms with E-state index in [2.05, 4.69) is 10.6 Å². The maximum Gasteiger partial charge on any atom is 0.243 e. The van der Waals surface area contributed by atoms with Crippen molar-refractivity contribution in [3.05, 3.63) is 24.3 Å². The number of hydrogen-bond donors (Lipinski definition) is 2. The quantitative estimate of drug-likeness (QED) is 0.721. The molecule has 0 aromatic heterocycles. The van der Waals surface area contributed by atoms with Gasteiger partial charge in [0.25, 0.3) is 0 Å². The number of nitrogens with one attached hydrogen (secondary N) is 2. The van der Waals surface area contributed by atoms with Crippen LogP contribution in [0.4, 0.5) is 5.69 Å². The molecule has 1 aromatic rings. The summed E-state index contributed by atoms with van der Waals surface area (Å²) < 4.78 is 36.7. The van der Waals surface area contributed by atoms with Gasteiger partial charge in [0.05, 0.1) is 24.7 Å². The van der Waals surface area contributed by atoms with Crippen LogP contribution in [-0.4, -0.2) is 63.9 Å². The SMILES string of the molecule is COCC(C)NC(=S)Nc1ccc(S(=O)(=O)N2CCOCC2)cc1. The molecule has 1 aliphatic rings. The number of sulfonamides is 1. The highest BCUT2D eigenvalue weighted by Crippen LogP contribution is 2.19. The summed E-state index contributed by atoms with van der Waals surface area (Å²) in [5.41, 5.74) is 0.720. The summed E-state index contributed by atoms with van der Waals surface area (Å²) in [5.74, 6) is 0. The molecular weight excluding hydrogens is 350 g/mol. The number of ether oxygens (including phenoxy) is 2. The molecule has 1 atom stereocenters. The van der Waals surface area contributed by atoms with E-state index in [4.69, 9.17) is 21.7 Å². The van der Waals surface area contributed by atoms with Gasteiger partial charge in [0.2, 0.25) is 10.0 Å². The van der Waals surface area contributed by atoms with Crippen molar-refractivity contribution in [2.24, 2.45) is 0 Å². The largest absolute Gasteiger partial charge is 0.383 e. The smallest absolute Gasteiger partial charge is 0.243 e. The molecule has 0 radical (unpaired) electrons. The Morgan fingerprint density at radius 2 is 1.96 bits per heavy atom. The minimum atomic E-state index is -3.47. The highest BCUT2D eigenvalue weighted by Gasteiger charge is 2.26. The summed E-state index contributed by atoms with van der Waals surface area (Å²) in [6.07, 6.45) is 0. The third-order valence-electron chi connectivity index (χ3n) is 3.51. The first-order chi connectivity index (χ1) is 11.4. The fourth-order valence-electron chi connectivity index (χ4n) is 2.33. The second-order valence-electron chi connectivity index (χ2n) is 5.50. The molecule has 1 heterocycles. The molecule has 1 fully saturated rings. The van der Waals surface area contributed by atoms with Crippen LogP contribution in [0.5, 0.6) is 0 Å². The standard InChI is InChI=1S/C15H23N3O4S2/c1-12(11-21-2)16-15(23)17-13-3-5-14(6-4-13)24(19,20)18-7-9-22-10-8-18/h3-6,12H,7-11H2,1-2H3,(H2,16,17,23). The van der Waals surface area contributed by atoms with Gasteiger partial charge in [0, 0.05) is 31.9 Å². The fourth-order valence-corrected chi connectivity index (χ4v) is 4.06. The molecule has 134 valence electrons. The second-order valence-corrected chi connectivity index (χ2v) is 7.84. The number of thiocarbonyl (C=S) groups is 1. The third kappa shape index (κ3) is 5.12. The Kier molecular flexibility index (Phi) is 6.93. The molecule has 2 rings (SSSR count). The van der Waals surface area contributed by atoms with Crippen LogP contribution in [0.15, 0.2) is 29.2 Å². The summed E-state index contributed by atoms with van der Waals surface area (Å²) in [4.78, 5) is 0.265. The molecule has 2 N–H and O–H groups in total. The van der Waals surface area contributed by atoms with Gasteiger partial charge in [-0.15, -0.1) is 0 Å². The van der Waals surface area contributed by atoms with Crippen molar-refractivity contribution in [2.75, 3.05) is 45.3 Å². The van der Waals surface area contributed by atoms with Crippen molar-refractivity contribution in [1.82, 2.24) is 9.62 Å². The monoisotopic (exact) mass is 373 g/mol. The van der Waals surface area contributed by atoms with Crippen molar-refractivity contribution in [3.8, 4) is 0 Å². The fraction of sp³-hybridized carbons (Fsp3) is 0.533. The molecule has 0 amide bonds. The van der Waals surface area contributed by atoms with Crippen molar-refractivity contribution in [3.63, 3.8) is 0 Å². The van der Waals surface area contributed by atoms with Crippen molar-refractivity contribution in [1.29, 1.82) is 0 Å². The second kappa shape index (κ2) is 8.72. The molecule has 1 saturated heterocycles. The lowest BCUT2D eigenvalue weighted by Crippen LogP contribution is -2.40. The van der Waals surface area contributed by atoms with E-state index >= 15 is 0 Å². The predicted octanol–water partition coefficient (Wildman–Crippen LogP) is 1.03. The van der Waals surface area contributed by atoms with Crippen molar-refractivity contribution < 1.29 is 17.9 Å². The van der Waals surface area contributed by atoms with Crippen LogP contribution in [0, 0.1) is 0 Å². The van der Waals surface area contributed by atoms with Crippen LogP contribution < -0.4 is 10.6 Å². The zero-order valence-electron chi connectivity index (χ0n) is 13.8. The minimum absolute atomic E-state index is 0.0796. The van der Waals surface area contributed by atoms with Crippen molar-refractivity contribution in [2.45, 2.75) is 17.9 Å². The van der Waals surface area contributed by atoms with Crippen LogP contribution in [0.25, 0.3) is 0 Å². The van der Waals surface area contributed by atoms with E-state index in [-0.39, 0.29) is 10.9 Å². The number of anilines is 1. The van der Waals surface area contributed by atoms with Crippen LogP contribution in [0.2, 0.25) is 0 Å². The van der Waals surface area contributed by atoms with Crippen LogP contribution in [0.3, 0.4) is 0 Å². The van der Waals surface area contributed by atoms with Gasteiger partial charge in [-0.3, -0.25) is 0 Å². The molecule has 1 aliphatic heterocycles. The lowest BCUT2D eigenvalue weighted by Gasteiger charge is -2.26. The van der Waals surface area contributed by atoms with Gasteiger partial charge in [-0.1, -0.05) is 0 Å². The Bertz CT molecular complexity index is 643. The topological polar surface area (TPSA) is 79.9 Å². The molecule has 9 heteroatoms. The lowest BCUT2D eigenvalue weighted by molar-refractivity contribution is 0.0730. The summed E-state index contributed by atoms with van der Waals surface area (Å²) in [6, 6.07) is 6.63. The van der Waals surface area contributed by atoms with Crippen LogP contribution in [-0.2, 0) is 19.5 Å². The first kappa shape index (κ1) is 19.1. The van der Waals surface area contributed by atoms with Gasteiger partial charge in [0.1, 0.15) is 0 Å². The average molecular weight is 374 g/mol. The predicted molar refractivity (Wildman–Crippen MR) is 96.7 cm³/mol. The Hall–Kier alpha value is -1.26. The number of rotatable bonds is 6. The molecule has 1 aromatic carbocycles. The zero-order chi connectivity index (χ0) is 17.6. The summed E-state index contributed by atoms with van der Waals surface area (Å²) in [7, 11) is -1.85. The normalized spacial score (nSPS) is 17.2. The van der Waals surface area contributed by atoms with Gasteiger partial charge < -0.3 is 20.1 Å². The summed E-state index contributed by atoms with van der Waals surface area (Å²) >= 11 is 5.22. The number of hydrogen-bond acceptors (Lipinski definition) is 5. The van der Waals surface area contributed by atoms with E-state index in [1.165, 1.54) is 4.31 Å². The third-order valence-corrected chi connectivity index (χ3v) is 5.65. The number of methoxy groups -OCH3 is 1. The summed E-state index contributed by atoms with van der Waals surface area (Å²) in [5, 5.41) is 6.57. The van der Waals surface area contributed by atoms with E-state index in [0.717, 1.165) is 5.69 Å². The van der Waals surface area contributed by atoms with Gasteiger partial charge >= 0.3 is 0 Å². The highest BCUT2D eigenvalue weighted by atomic mass is 32.2. The summed E-state index contributed by atoms with van der Waals surface area (Å²) in [6.45, 7) is 4.12. The van der Waals surface area contributed by atoms with Crippen LogP contribution >= 0.6 is 12.2 Å². The van der Waals surface area contributed by atoms with E-state index in [1.807, 2.05) is 6.92 Å². The number of benzene rings is 1. The minimum Gasteiger partial charge on any atom is -0.383 e. The molecule has 24 heavy (non-hydrogen) atoms. The number of morpholine rings is 1. The van der Waals surface area contributed by atoms with Gasteiger partial charge in [-0.2, -0.15) is 4.31 Å². The van der Waals surface area contributed by atoms with E-state index in [0.29, 0.717) is 38.0 Å². The van der Waals surface area contributed by atoms with Crippen molar-refractivity contribution >= 4 is 33.0 Å². The lowest BCUT2D eigenvalue weighted by atomic mass is 10.3. The first-order valence-electron chi connectivity index (χ1n) is 7.68. The van der Waals surface area contributed by atoms with Crippen LogP contribution in [0.1, 0.15) is 6.92 Å². The molecule has 0 spiro atoms. The Labute approximate surface area is 148 Å². The molecule has 0 aliphatic carbocycles. The number of nitrogens with zero attached hydrogens (tertiary/aromatic N) is 1. The maximum atomic E-state index is 12.5. The molecule has 1 unspecified atom stereocenters.